The van der Waals surface area contributed by atoms with E-state index in [1.807, 2.05) is 0 Å². The molecule has 0 fully saturated rings. The Bertz CT molecular complexity index is 1040. The number of carbonyl (C=O) groups excluding carboxylic acids is 2. The molecule has 0 N–H and O–H groups in total. The van der Waals surface area contributed by atoms with Gasteiger partial charge in [-0.05, 0) is 28.1 Å². The van der Waals surface area contributed by atoms with Crippen molar-refractivity contribution >= 4 is 28.5 Å². The van der Waals surface area contributed by atoms with Crippen molar-refractivity contribution in [2.45, 2.75) is 47.2 Å². The van der Waals surface area contributed by atoms with Gasteiger partial charge in [-0.2, -0.15) is 70.2 Å². The molecular weight excluding hydrogens is 656 g/mol. The van der Waals surface area contributed by atoms with E-state index < -0.39 is 64.1 Å². The lowest BCUT2D eigenvalue weighted by Gasteiger charge is -2.40. The summed E-state index contributed by atoms with van der Waals surface area (Å²) in [4.78, 5) is 21.5. The van der Waals surface area contributed by atoms with E-state index in [4.69, 9.17) is 0 Å². The zero-order valence-corrected chi connectivity index (χ0v) is 18.4. The largest absolute Gasteiger partial charge is 0.471 e. The summed E-state index contributed by atoms with van der Waals surface area (Å²) in [6.07, 6.45) is -37.5. The van der Waals surface area contributed by atoms with Crippen molar-refractivity contribution in [2.24, 2.45) is 0 Å². The zero-order valence-electron chi connectivity index (χ0n) is 16.9. The first-order valence-electron chi connectivity index (χ1n) is 8.47. The summed E-state index contributed by atoms with van der Waals surface area (Å²) >= 11 is 0.882. The Hall–Kier alpha value is -2.36. The molecule has 1 rings (SSSR count). The van der Waals surface area contributed by atoms with Crippen molar-refractivity contribution < 1.29 is 94.0 Å². The maximum Gasteiger partial charge on any atom is 0.471 e. The third-order valence-electron chi connectivity index (χ3n) is 3.86. The molecule has 1 aromatic rings. The Morgan fingerprint density at radius 1 is 0.632 bits per heavy atom. The lowest BCUT2D eigenvalue weighted by Crippen LogP contribution is -2.67. The highest BCUT2D eigenvalue weighted by atomic mass is 79.9. The minimum Gasteiger partial charge on any atom is -0.427 e. The maximum absolute atomic E-state index is 14.3. The molecule has 22 heteroatoms. The van der Waals surface area contributed by atoms with Gasteiger partial charge in [0, 0.05) is 5.56 Å². The number of hydrogen-bond acceptors (Lipinski definition) is 5. The van der Waals surface area contributed by atoms with Crippen molar-refractivity contribution in [1.82, 2.24) is 0 Å². The molecule has 0 saturated heterocycles. The van der Waals surface area contributed by atoms with Crippen LogP contribution in [0.2, 0.25) is 0 Å². The van der Waals surface area contributed by atoms with Crippen LogP contribution in [-0.2, 0) is 9.47 Å². The second-order valence-corrected chi connectivity index (χ2v) is 7.59. The maximum atomic E-state index is 14.3. The minimum absolute atomic E-state index is 0.115. The molecule has 1 aromatic carbocycles. The van der Waals surface area contributed by atoms with Crippen LogP contribution in [0.5, 0.6) is 5.75 Å². The summed E-state index contributed by atoms with van der Waals surface area (Å²) < 4.78 is 213. The molecule has 0 aliphatic heterocycles. The SMILES string of the molecule is O=Cc1ccc(C=O)c(OC(F)(F)C(F)(Br)OC(F)(F)C(F)(OC(F)(F)C(F)(F)C(F)(F)F)C(F)(F)F)c1. The van der Waals surface area contributed by atoms with Crippen molar-refractivity contribution in [3.05, 3.63) is 29.3 Å². The number of carbonyl (C=O) groups is 2. The van der Waals surface area contributed by atoms with Crippen LogP contribution in [0.3, 0.4) is 0 Å². The fraction of sp³-hybridized carbons (Fsp3) is 0.500. The minimum atomic E-state index is -7.88. The van der Waals surface area contributed by atoms with Gasteiger partial charge in [0.15, 0.2) is 6.29 Å². The molecule has 0 bridgehead atoms. The summed E-state index contributed by atoms with van der Waals surface area (Å²) in [7, 11) is 0. The Balaban J connectivity index is 3.54. The normalized spacial score (nSPS) is 17.4. The quantitative estimate of drug-likeness (QED) is 0.146. The highest BCUT2D eigenvalue weighted by Gasteiger charge is 2.85. The number of alkyl halides is 17. The monoisotopic (exact) mass is 660 g/mol. The van der Waals surface area contributed by atoms with E-state index in [0.29, 0.717) is 6.07 Å². The van der Waals surface area contributed by atoms with Gasteiger partial charge in [0.1, 0.15) is 12.0 Å². The molecule has 218 valence electrons. The van der Waals surface area contributed by atoms with Crippen molar-refractivity contribution in [2.75, 3.05) is 0 Å². The molecule has 5 nitrogen and oxygen atoms in total. The molecule has 0 saturated carbocycles. The molecule has 0 radical (unpaired) electrons. The Morgan fingerprint density at radius 2 is 1.13 bits per heavy atom. The van der Waals surface area contributed by atoms with Gasteiger partial charge in [-0.1, -0.05) is 6.07 Å². The number of benzene rings is 1. The van der Waals surface area contributed by atoms with Gasteiger partial charge in [0.05, 0.1) is 5.56 Å². The van der Waals surface area contributed by atoms with Crippen LogP contribution in [0.25, 0.3) is 0 Å². The van der Waals surface area contributed by atoms with E-state index in [1.165, 1.54) is 4.74 Å². The Kier molecular flexibility index (Phi) is 8.85. The van der Waals surface area contributed by atoms with Crippen LogP contribution in [0.4, 0.5) is 70.2 Å². The van der Waals surface area contributed by atoms with E-state index in [1.54, 1.807) is 0 Å². The number of halogens is 17. The highest BCUT2D eigenvalue weighted by Crippen LogP contribution is 2.57. The van der Waals surface area contributed by atoms with Gasteiger partial charge in [0.25, 0.3) is 0 Å². The van der Waals surface area contributed by atoms with E-state index in [0.717, 1.165) is 22.0 Å². The number of aldehydes is 2. The number of hydrogen-bond donors (Lipinski definition) is 0. The first-order valence-corrected chi connectivity index (χ1v) is 9.27. The van der Waals surface area contributed by atoms with Gasteiger partial charge in [-0.3, -0.25) is 19.1 Å². The topological polar surface area (TPSA) is 61.8 Å². The van der Waals surface area contributed by atoms with E-state index in [2.05, 4.69) is 9.47 Å². The van der Waals surface area contributed by atoms with Crippen LogP contribution in [-0.4, -0.2) is 59.8 Å². The van der Waals surface area contributed by atoms with Crippen LogP contribution >= 0.6 is 15.9 Å². The zero-order chi connectivity index (χ0) is 30.4. The molecule has 0 aromatic heterocycles. The van der Waals surface area contributed by atoms with Crippen LogP contribution < -0.4 is 4.74 Å². The predicted octanol–water partition coefficient (Wildman–Crippen LogP) is 6.95. The Labute approximate surface area is 205 Å². The average Bonchev–Trinajstić information content (AvgIpc) is 2.70. The summed E-state index contributed by atoms with van der Waals surface area (Å²) in [6, 6.07) is 1.47. The molecule has 0 aliphatic rings. The highest BCUT2D eigenvalue weighted by molar-refractivity contribution is 9.10. The van der Waals surface area contributed by atoms with E-state index in [-0.39, 0.29) is 18.6 Å². The number of rotatable bonds is 11. The summed E-state index contributed by atoms with van der Waals surface area (Å²) in [5.41, 5.74) is -1.65. The van der Waals surface area contributed by atoms with Crippen LogP contribution in [0.1, 0.15) is 20.7 Å². The van der Waals surface area contributed by atoms with Crippen molar-refractivity contribution in [3.63, 3.8) is 0 Å². The molecule has 0 heterocycles. The van der Waals surface area contributed by atoms with Crippen LogP contribution in [0.15, 0.2) is 18.2 Å². The van der Waals surface area contributed by atoms with Crippen molar-refractivity contribution in [1.29, 1.82) is 0 Å². The first kappa shape index (κ1) is 33.7. The lowest BCUT2D eigenvalue weighted by atomic mass is 10.1. The lowest BCUT2D eigenvalue weighted by molar-refractivity contribution is -0.545. The van der Waals surface area contributed by atoms with Crippen molar-refractivity contribution in [3.8, 4) is 5.75 Å². The fourth-order valence-electron chi connectivity index (χ4n) is 1.98. The van der Waals surface area contributed by atoms with E-state index in [9.17, 15) is 79.8 Å². The summed E-state index contributed by atoms with van der Waals surface area (Å²) in [6.45, 7) is 0. The molecule has 2 atom stereocenters. The summed E-state index contributed by atoms with van der Waals surface area (Å²) in [5.74, 6) is -17.3. The fourth-order valence-corrected chi connectivity index (χ4v) is 2.27. The average molecular weight is 661 g/mol. The molecule has 2 unspecified atom stereocenters. The summed E-state index contributed by atoms with van der Waals surface area (Å²) in [5, 5.41) is 0. The third kappa shape index (κ3) is 6.10. The molecule has 38 heavy (non-hydrogen) atoms. The second-order valence-electron chi connectivity index (χ2n) is 6.57. The molecular formula is C16H5BrF16O5. The van der Waals surface area contributed by atoms with Crippen LogP contribution in [0, 0.1) is 0 Å². The third-order valence-corrected chi connectivity index (χ3v) is 4.49. The second kappa shape index (κ2) is 9.99. The predicted molar refractivity (Wildman–Crippen MR) is 88.5 cm³/mol. The molecule has 0 spiro atoms. The van der Waals surface area contributed by atoms with Gasteiger partial charge in [0.2, 0.25) is 0 Å². The first-order chi connectivity index (χ1) is 16.6. The smallest absolute Gasteiger partial charge is 0.427 e. The van der Waals surface area contributed by atoms with Gasteiger partial charge >= 0.3 is 47.2 Å². The van der Waals surface area contributed by atoms with E-state index >= 15 is 0 Å². The molecule has 0 amide bonds. The van der Waals surface area contributed by atoms with Gasteiger partial charge < -0.3 is 4.74 Å². The standard InChI is InChI=1S/C16H5BrF16O5/c17-11(21,16(32,33)36-8-3-6(4-34)1-2-7(8)5-35)38-15(30,31)10(20,13(25,26)27)37-14(28,29)9(18,19)12(22,23)24/h1-5H. The van der Waals surface area contributed by atoms with Gasteiger partial charge in [-0.25, -0.2) is 0 Å². The van der Waals surface area contributed by atoms with Gasteiger partial charge in [-0.15, -0.1) is 0 Å². The number of ether oxygens (including phenoxy) is 3. The Morgan fingerprint density at radius 3 is 1.53 bits per heavy atom. The molecule has 0 aliphatic carbocycles.